The molecule has 2 nitrogen and oxygen atoms in total. The number of Topliss-reactive ketones (excluding diaryl/α,β-unsaturated/α-hetero) is 1. The monoisotopic (exact) mass is 344 g/mol. The van der Waals surface area contributed by atoms with Gasteiger partial charge in [-0.05, 0) is 44.2 Å². The van der Waals surface area contributed by atoms with Crippen LogP contribution in [0.25, 0.3) is 0 Å². The molecule has 126 valence electrons. The average Bonchev–Trinajstić information content (AvgIpc) is 2.45. The van der Waals surface area contributed by atoms with Crippen LogP contribution in [0.2, 0.25) is 0 Å². The van der Waals surface area contributed by atoms with Crippen LogP contribution in [-0.4, -0.2) is 20.5 Å². The molecule has 1 aromatic carbocycles. The van der Waals surface area contributed by atoms with Gasteiger partial charge < -0.3 is 0 Å². The molecule has 2 fully saturated rings. The fraction of sp³-hybridized carbons (Fsp3) is 0.588. The highest BCUT2D eigenvalue weighted by molar-refractivity contribution is 7.86. The number of carbonyl (C=O) groups is 1. The Morgan fingerprint density at radius 2 is 1.78 bits per heavy atom. The van der Waals surface area contributed by atoms with E-state index in [0.717, 1.165) is 25.3 Å². The van der Waals surface area contributed by atoms with E-state index in [1.165, 1.54) is 19.1 Å². The molecule has 2 aliphatic rings. The highest BCUT2D eigenvalue weighted by Gasteiger charge is 2.41. The van der Waals surface area contributed by atoms with Crippen molar-refractivity contribution in [3.8, 4) is 0 Å². The third-order valence-electron chi connectivity index (χ3n) is 5.08. The second kappa shape index (κ2) is 6.04. The summed E-state index contributed by atoms with van der Waals surface area (Å²) in [4.78, 5) is 12.8. The lowest BCUT2D eigenvalue weighted by Crippen LogP contribution is -2.41. The number of carbonyl (C=O) groups excluding carboxylic acids is 1. The van der Waals surface area contributed by atoms with E-state index in [0.29, 0.717) is 12.8 Å². The number of alkyl halides is 3. The van der Waals surface area contributed by atoms with Gasteiger partial charge in [-0.3, -0.25) is 9.00 Å². The Hall–Kier alpha value is -1.17. The molecule has 3 rings (SSSR count). The normalized spacial score (nSPS) is 31.0. The summed E-state index contributed by atoms with van der Waals surface area (Å²) in [6.45, 7) is 1.36. The number of halogens is 3. The van der Waals surface area contributed by atoms with Crippen LogP contribution >= 0.6 is 0 Å². The first-order chi connectivity index (χ1) is 10.8. The van der Waals surface area contributed by atoms with Crippen molar-refractivity contribution in [3.63, 3.8) is 0 Å². The van der Waals surface area contributed by atoms with E-state index < -0.39 is 22.5 Å². The third kappa shape index (κ3) is 3.10. The Labute approximate surface area is 135 Å². The summed E-state index contributed by atoms with van der Waals surface area (Å²) >= 11 is 0. The Kier molecular flexibility index (Phi) is 4.38. The minimum Gasteiger partial charge on any atom is -0.294 e. The van der Waals surface area contributed by atoms with Crippen molar-refractivity contribution in [2.45, 2.75) is 55.7 Å². The molecule has 2 atom stereocenters. The third-order valence-corrected chi connectivity index (χ3v) is 7.25. The van der Waals surface area contributed by atoms with Crippen LogP contribution in [0.1, 0.15) is 53.6 Å². The van der Waals surface area contributed by atoms with E-state index in [4.69, 9.17) is 0 Å². The van der Waals surface area contributed by atoms with Crippen molar-refractivity contribution >= 4 is 16.6 Å². The Balaban J connectivity index is 1.88. The predicted octanol–water partition coefficient (Wildman–Crippen LogP) is 4.28. The largest absolute Gasteiger partial charge is 0.416 e. The zero-order chi connectivity index (χ0) is 16.8. The molecule has 1 aromatic rings. The lowest BCUT2D eigenvalue weighted by atomic mass is 9.83. The minimum atomic E-state index is -4.45. The molecule has 2 heterocycles. The quantitative estimate of drug-likeness (QED) is 0.751. The van der Waals surface area contributed by atoms with E-state index in [9.17, 15) is 22.2 Å². The Morgan fingerprint density at radius 3 is 2.35 bits per heavy atom. The first-order valence-corrected chi connectivity index (χ1v) is 9.17. The van der Waals surface area contributed by atoms with Gasteiger partial charge in [0.1, 0.15) is 0 Å². The van der Waals surface area contributed by atoms with Crippen molar-refractivity contribution in [2.75, 3.05) is 0 Å². The SMILES string of the molecule is Cc1c(C(=O)C2CC3CCCC(C2)S3=O)cccc1C(F)(F)F. The van der Waals surface area contributed by atoms with Crippen molar-refractivity contribution in [1.29, 1.82) is 0 Å². The number of hydrogen-bond donors (Lipinski definition) is 0. The number of rotatable bonds is 2. The number of benzene rings is 1. The molecular weight excluding hydrogens is 325 g/mol. The lowest BCUT2D eigenvalue weighted by Gasteiger charge is -2.37. The molecule has 0 saturated carbocycles. The minimum absolute atomic E-state index is 0.00172. The zero-order valence-electron chi connectivity index (χ0n) is 12.9. The standard InChI is InChI=1S/C17H19F3O2S/c1-10-14(6-3-7-15(10)17(18,19)20)16(21)11-8-12-4-2-5-13(9-11)23(12)22/h3,6-7,11-13H,2,4-5,8-9H2,1H3. The van der Waals surface area contributed by atoms with E-state index >= 15 is 0 Å². The summed E-state index contributed by atoms with van der Waals surface area (Å²) in [5.74, 6) is -0.521. The van der Waals surface area contributed by atoms with Gasteiger partial charge in [0.2, 0.25) is 0 Å². The van der Waals surface area contributed by atoms with Crippen molar-refractivity contribution in [3.05, 3.63) is 34.9 Å². The first kappa shape index (κ1) is 16.7. The van der Waals surface area contributed by atoms with Crippen LogP contribution in [-0.2, 0) is 17.0 Å². The second-order valence-corrected chi connectivity index (χ2v) is 8.50. The van der Waals surface area contributed by atoms with Crippen LogP contribution < -0.4 is 0 Å². The molecule has 0 aromatic heterocycles. The average molecular weight is 344 g/mol. The molecule has 0 N–H and O–H groups in total. The van der Waals surface area contributed by atoms with E-state index in [1.807, 2.05) is 0 Å². The van der Waals surface area contributed by atoms with E-state index in [2.05, 4.69) is 0 Å². The summed E-state index contributed by atoms with van der Waals surface area (Å²) in [5, 5.41) is 0.0603. The van der Waals surface area contributed by atoms with Crippen LogP contribution in [0.4, 0.5) is 13.2 Å². The predicted molar refractivity (Wildman–Crippen MR) is 82.8 cm³/mol. The molecule has 0 amide bonds. The first-order valence-electron chi connectivity index (χ1n) is 7.89. The molecule has 2 unspecified atom stereocenters. The summed E-state index contributed by atoms with van der Waals surface area (Å²) in [6, 6.07) is 3.79. The van der Waals surface area contributed by atoms with Crippen LogP contribution in [0.5, 0.6) is 0 Å². The Morgan fingerprint density at radius 1 is 1.17 bits per heavy atom. The Bertz CT molecular complexity index is 638. The maximum absolute atomic E-state index is 13.0. The van der Waals surface area contributed by atoms with Crippen LogP contribution in [0, 0.1) is 12.8 Å². The molecule has 23 heavy (non-hydrogen) atoms. The van der Waals surface area contributed by atoms with Gasteiger partial charge in [-0.1, -0.05) is 18.6 Å². The van der Waals surface area contributed by atoms with Gasteiger partial charge in [0.05, 0.1) is 5.56 Å². The van der Waals surface area contributed by atoms with Crippen molar-refractivity contribution < 1.29 is 22.2 Å². The topological polar surface area (TPSA) is 34.1 Å². The van der Waals surface area contributed by atoms with Gasteiger partial charge in [0.25, 0.3) is 0 Å². The lowest BCUT2D eigenvalue weighted by molar-refractivity contribution is -0.138. The van der Waals surface area contributed by atoms with Gasteiger partial charge in [0, 0.05) is 32.8 Å². The maximum atomic E-state index is 13.0. The summed E-state index contributed by atoms with van der Waals surface area (Å²) in [5.41, 5.74) is -0.583. The molecule has 6 heteroatoms. The van der Waals surface area contributed by atoms with E-state index in [-0.39, 0.29) is 33.3 Å². The molecule has 2 saturated heterocycles. The van der Waals surface area contributed by atoms with Crippen LogP contribution in [0.15, 0.2) is 18.2 Å². The molecule has 2 bridgehead atoms. The number of ketones is 1. The second-order valence-electron chi connectivity index (χ2n) is 6.51. The molecule has 0 radical (unpaired) electrons. The zero-order valence-corrected chi connectivity index (χ0v) is 13.7. The highest BCUT2D eigenvalue weighted by Crippen LogP contribution is 2.39. The van der Waals surface area contributed by atoms with Gasteiger partial charge in [-0.2, -0.15) is 13.2 Å². The molecule has 2 aliphatic heterocycles. The summed E-state index contributed by atoms with van der Waals surface area (Å²) in [7, 11) is -0.886. The van der Waals surface area contributed by atoms with Gasteiger partial charge in [0.15, 0.2) is 5.78 Å². The van der Waals surface area contributed by atoms with E-state index in [1.54, 1.807) is 0 Å². The molecular formula is C17H19F3O2S. The smallest absolute Gasteiger partial charge is 0.294 e. The highest BCUT2D eigenvalue weighted by atomic mass is 32.2. The fourth-order valence-electron chi connectivity index (χ4n) is 3.88. The fourth-order valence-corrected chi connectivity index (χ4v) is 6.06. The number of hydrogen-bond acceptors (Lipinski definition) is 2. The van der Waals surface area contributed by atoms with Gasteiger partial charge in [-0.15, -0.1) is 0 Å². The maximum Gasteiger partial charge on any atom is 0.416 e. The summed E-state index contributed by atoms with van der Waals surface area (Å²) in [6.07, 6.45) is -0.631. The number of fused-ring (bicyclic) bond motifs is 2. The van der Waals surface area contributed by atoms with Gasteiger partial charge >= 0.3 is 6.18 Å². The van der Waals surface area contributed by atoms with Crippen LogP contribution in [0.3, 0.4) is 0 Å². The van der Waals surface area contributed by atoms with Gasteiger partial charge in [-0.25, -0.2) is 0 Å². The molecule has 0 spiro atoms. The van der Waals surface area contributed by atoms with Crippen molar-refractivity contribution in [1.82, 2.24) is 0 Å². The summed E-state index contributed by atoms with van der Waals surface area (Å²) < 4.78 is 51.3. The van der Waals surface area contributed by atoms with Crippen molar-refractivity contribution in [2.24, 2.45) is 5.92 Å². The molecule has 0 aliphatic carbocycles.